The van der Waals surface area contributed by atoms with Crippen LogP contribution in [0, 0.1) is 5.92 Å². The SMILES string of the molecule is CC1CCCC1NC1CC1NC(=O)OC(C)(C)C. The number of ether oxygens (including phenoxy) is 1. The fraction of sp³-hybridized carbons (Fsp3) is 0.929. The molecule has 2 aliphatic rings. The van der Waals surface area contributed by atoms with Gasteiger partial charge in [0.2, 0.25) is 0 Å². The van der Waals surface area contributed by atoms with E-state index in [1.807, 2.05) is 20.8 Å². The molecule has 0 aromatic rings. The van der Waals surface area contributed by atoms with Gasteiger partial charge in [-0.2, -0.15) is 0 Å². The van der Waals surface area contributed by atoms with Gasteiger partial charge in [-0.15, -0.1) is 0 Å². The van der Waals surface area contributed by atoms with Crippen molar-refractivity contribution >= 4 is 6.09 Å². The minimum Gasteiger partial charge on any atom is -0.444 e. The zero-order valence-corrected chi connectivity index (χ0v) is 12.0. The molecule has 2 aliphatic carbocycles. The lowest BCUT2D eigenvalue weighted by Crippen LogP contribution is -2.40. The van der Waals surface area contributed by atoms with Crippen LogP contribution >= 0.6 is 0 Å². The normalized spacial score (nSPS) is 35.3. The molecule has 18 heavy (non-hydrogen) atoms. The van der Waals surface area contributed by atoms with Crippen molar-refractivity contribution in [3.63, 3.8) is 0 Å². The van der Waals surface area contributed by atoms with Gasteiger partial charge in [-0.1, -0.05) is 13.3 Å². The van der Waals surface area contributed by atoms with Gasteiger partial charge in [0.05, 0.1) is 0 Å². The van der Waals surface area contributed by atoms with Gasteiger partial charge in [0.1, 0.15) is 5.60 Å². The summed E-state index contributed by atoms with van der Waals surface area (Å²) in [6.07, 6.45) is 4.67. The van der Waals surface area contributed by atoms with E-state index in [0.29, 0.717) is 12.1 Å². The number of hydrogen-bond acceptors (Lipinski definition) is 3. The van der Waals surface area contributed by atoms with Crippen molar-refractivity contribution in [2.75, 3.05) is 0 Å². The molecule has 4 nitrogen and oxygen atoms in total. The van der Waals surface area contributed by atoms with E-state index < -0.39 is 5.60 Å². The van der Waals surface area contributed by atoms with Gasteiger partial charge in [0, 0.05) is 18.1 Å². The van der Waals surface area contributed by atoms with Crippen LogP contribution in [-0.2, 0) is 4.74 Å². The van der Waals surface area contributed by atoms with Gasteiger partial charge < -0.3 is 15.4 Å². The fourth-order valence-corrected chi connectivity index (χ4v) is 2.67. The van der Waals surface area contributed by atoms with Gasteiger partial charge in [-0.3, -0.25) is 0 Å². The quantitative estimate of drug-likeness (QED) is 0.813. The maximum Gasteiger partial charge on any atom is 0.407 e. The molecule has 0 aliphatic heterocycles. The van der Waals surface area contributed by atoms with Gasteiger partial charge >= 0.3 is 6.09 Å². The predicted octanol–water partition coefficient (Wildman–Crippen LogP) is 2.43. The Kier molecular flexibility index (Phi) is 3.85. The molecule has 0 saturated heterocycles. The molecule has 2 rings (SSSR count). The van der Waals surface area contributed by atoms with Crippen LogP contribution in [0.25, 0.3) is 0 Å². The molecular formula is C14H26N2O2. The van der Waals surface area contributed by atoms with E-state index in [2.05, 4.69) is 17.6 Å². The van der Waals surface area contributed by atoms with Crippen LogP contribution in [0.15, 0.2) is 0 Å². The maximum absolute atomic E-state index is 11.6. The first-order valence-electron chi connectivity index (χ1n) is 7.11. The van der Waals surface area contributed by atoms with E-state index in [9.17, 15) is 4.79 Å². The summed E-state index contributed by atoms with van der Waals surface area (Å²) in [5.41, 5.74) is -0.415. The molecule has 0 heterocycles. The molecule has 104 valence electrons. The Balaban J connectivity index is 1.67. The minimum atomic E-state index is -0.415. The van der Waals surface area contributed by atoms with Crippen LogP contribution in [0.4, 0.5) is 4.79 Å². The highest BCUT2D eigenvalue weighted by Crippen LogP contribution is 2.30. The molecule has 2 fully saturated rings. The number of nitrogens with one attached hydrogen (secondary N) is 2. The molecule has 4 atom stereocenters. The van der Waals surface area contributed by atoms with Crippen molar-refractivity contribution in [3.8, 4) is 0 Å². The summed E-state index contributed by atoms with van der Waals surface area (Å²) in [6, 6.07) is 1.34. The van der Waals surface area contributed by atoms with Crippen LogP contribution in [0.5, 0.6) is 0 Å². The lowest BCUT2D eigenvalue weighted by atomic mass is 10.1. The Morgan fingerprint density at radius 2 is 1.89 bits per heavy atom. The second-order valence-corrected chi connectivity index (χ2v) is 6.78. The summed E-state index contributed by atoms with van der Waals surface area (Å²) in [4.78, 5) is 11.6. The second kappa shape index (κ2) is 5.08. The average molecular weight is 254 g/mol. The summed E-state index contributed by atoms with van der Waals surface area (Å²) in [7, 11) is 0. The number of rotatable bonds is 3. The number of hydrogen-bond donors (Lipinski definition) is 2. The van der Waals surface area contributed by atoms with E-state index in [1.54, 1.807) is 0 Å². The van der Waals surface area contributed by atoms with Crippen LogP contribution in [-0.4, -0.2) is 29.8 Å². The van der Waals surface area contributed by atoms with Crippen molar-refractivity contribution in [1.82, 2.24) is 10.6 Å². The molecule has 0 aromatic heterocycles. The third kappa shape index (κ3) is 3.87. The fourth-order valence-electron chi connectivity index (χ4n) is 2.67. The lowest BCUT2D eigenvalue weighted by molar-refractivity contribution is 0.0521. The Labute approximate surface area is 110 Å². The van der Waals surface area contributed by atoms with E-state index in [1.165, 1.54) is 19.3 Å². The number of carbonyl (C=O) groups is 1. The molecule has 0 bridgehead atoms. The first-order valence-corrected chi connectivity index (χ1v) is 7.11. The van der Waals surface area contributed by atoms with Gasteiger partial charge in [0.15, 0.2) is 0 Å². The van der Waals surface area contributed by atoms with Crippen molar-refractivity contribution < 1.29 is 9.53 Å². The maximum atomic E-state index is 11.6. The zero-order valence-electron chi connectivity index (χ0n) is 12.0. The van der Waals surface area contributed by atoms with E-state index in [0.717, 1.165) is 12.3 Å². The smallest absolute Gasteiger partial charge is 0.407 e. The molecule has 0 spiro atoms. The summed E-state index contributed by atoms with van der Waals surface area (Å²) < 4.78 is 5.25. The highest BCUT2D eigenvalue weighted by molar-refractivity contribution is 5.68. The predicted molar refractivity (Wildman–Crippen MR) is 71.5 cm³/mol. The molecule has 0 aromatic carbocycles. The topological polar surface area (TPSA) is 50.4 Å². The van der Waals surface area contributed by atoms with E-state index in [-0.39, 0.29) is 12.1 Å². The van der Waals surface area contributed by atoms with E-state index >= 15 is 0 Å². The lowest BCUT2D eigenvalue weighted by Gasteiger charge is -2.20. The molecule has 4 unspecified atom stereocenters. The Hall–Kier alpha value is -0.770. The standard InChI is InChI=1S/C14H26N2O2/c1-9-6-5-7-10(9)15-11-8-12(11)16-13(17)18-14(2,3)4/h9-12,15H,5-8H2,1-4H3,(H,16,17). The van der Waals surface area contributed by atoms with Gasteiger partial charge in [-0.25, -0.2) is 4.79 Å². The monoisotopic (exact) mass is 254 g/mol. The third-order valence-electron chi connectivity index (χ3n) is 3.78. The number of carbonyl (C=O) groups excluding carboxylic acids is 1. The molecule has 4 heteroatoms. The van der Waals surface area contributed by atoms with Crippen LogP contribution in [0.2, 0.25) is 0 Å². The highest BCUT2D eigenvalue weighted by atomic mass is 16.6. The summed E-state index contributed by atoms with van der Waals surface area (Å²) >= 11 is 0. The number of alkyl carbamates (subject to hydrolysis) is 1. The highest BCUT2D eigenvalue weighted by Gasteiger charge is 2.41. The Morgan fingerprint density at radius 3 is 2.44 bits per heavy atom. The summed E-state index contributed by atoms with van der Waals surface area (Å²) in [5, 5.41) is 6.58. The minimum absolute atomic E-state index is 0.257. The van der Waals surface area contributed by atoms with Crippen molar-refractivity contribution in [2.24, 2.45) is 5.92 Å². The van der Waals surface area contributed by atoms with Crippen molar-refractivity contribution in [3.05, 3.63) is 0 Å². The average Bonchev–Trinajstić information content (AvgIpc) is 2.77. The molecule has 0 radical (unpaired) electrons. The molecular weight excluding hydrogens is 228 g/mol. The number of amides is 1. The van der Waals surface area contributed by atoms with Crippen LogP contribution in [0.3, 0.4) is 0 Å². The van der Waals surface area contributed by atoms with Crippen LogP contribution < -0.4 is 10.6 Å². The van der Waals surface area contributed by atoms with E-state index in [4.69, 9.17) is 4.74 Å². The molecule has 1 amide bonds. The van der Waals surface area contributed by atoms with Crippen molar-refractivity contribution in [2.45, 2.75) is 77.1 Å². The summed E-state index contributed by atoms with van der Waals surface area (Å²) in [5.74, 6) is 0.771. The third-order valence-corrected chi connectivity index (χ3v) is 3.78. The first-order chi connectivity index (χ1) is 8.35. The van der Waals surface area contributed by atoms with Gasteiger partial charge in [0.25, 0.3) is 0 Å². The Morgan fingerprint density at radius 1 is 1.17 bits per heavy atom. The Bertz CT molecular complexity index is 311. The largest absolute Gasteiger partial charge is 0.444 e. The second-order valence-electron chi connectivity index (χ2n) is 6.78. The summed E-state index contributed by atoms with van der Waals surface area (Å²) in [6.45, 7) is 7.96. The molecule has 2 saturated carbocycles. The first kappa shape index (κ1) is 13.7. The van der Waals surface area contributed by atoms with Gasteiger partial charge in [-0.05, 0) is 46.0 Å². The zero-order chi connectivity index (χ0) is 13.3. The van der Waals surface area contributed by atoms with Crippen molar-refractivity contribution in [1.29, 1.82) is 0 Å². The van der Waals surface area contributed by atoms with Crippen LogP contribution in [0.1, 0.15) is 53.4 Å². The molecule has 2 N–H and O–H groups in total.